The van der Waals surface area contributed by atoms with Gasteiger partial charge in [0.05, 0.1) is 0 Å². The van der Waals surface area contributed by atoms with Crippen molar-refractivity contribution in [3.63, 3.8) is 0 Å². The number of hydrogen-bond donors (Lipinski definition) is 0. The molecule has 4 aliphatic carbocycles. The van der Waals surface area contributed by atoms with E-state index in [9.17, 15) is 4.79 Å². The van der Waals surface area contributed by atoms with Crippen LogP contribution in [0.4, 0.5) is 0 Å². The first-order valence-electron chi connectivity index (χ1n) is 9.66. The highest BCUT2D eigenvalue weighted by Crippen LogP contribution is 2.62. The van der Waals surface area contributed by atoms with Gasteiger partial charge in [-0.15, -0.1) is 0 Å². The number of ketones is 1. The van der Waals surface area contributed by atoms with E-state index in [1.54, 1.807) is 0 Å². The van der Waals surface area contributed by atoms with Crippen LogP contribution in [0.15, 0.2) is 0 Å². The third kappa shape index (κ3) is 3.15. The molecule has 0 heterocycles. The maximum absolute atomic E-state index is 13.3. The van der Waals surface area contributed by atoms with Gasteiger partial charge >= 0.3 is 0 Å². The highest BCUT2D eigenvalue weighted by atomic mass is 16.1. The summed E-state index contributed by atoms with van der Waals surface area (Å²) in [6.07, 6.45) is 11.4. The minimum atomic E-state index is -0.110. The highest BCUT2D eigenvalue weighted by molar-refractivity contribution is 5.85. The Morgan fingerprint density at radius 2 is 1.41 bits per heavy atom. The molecule has 0 saturated heterocycles. The van der Waals surface area contributed by atoms with Crippen molar-refractivity contribution in [1.82, 2.24) is 0 Å². The SMILES string of the molecule is CCC(C)(CC(C)(C)C)C(=O)CC12CC3CC(CC(C3)C1)C2. The molecule has 4 saturated carbocycles. The molecule has 0 aromatic rings. The van der Waals surface area contributed by atoms with Gasteiger partial charge in [-0.3, -0.25) is 4.79 Å². The van der Waals surface area contributed by atoms with Crippen molar-refractivity contribution >= 4 is 5.78 Å². The molecule has 0 aliphatic heterocycles. The summed E-state index contributed by atoms with van der Waals surface area (Å²) in [5.74, 6) is 3.44. The number of carbonyl (C=O) groups is 1. The number of carbonyl (C=O) groups excluding carboxylic acids is 1. The molecule has 0 aromatic heterocycles. The Balaban J connectivity index is 1.73. The minimum Gasteiger partial charge on any atom is -0.299 e. The lowest BCUT2D eigenvalue weighted by atomic mass is 9.48. The molecular formula is C21H36O. The van der Waals surface area contributed by atoms with Crippen molar-refractivity contribution in [3.8, 4) is 0 Å². The fourth-order valence-electron chi connectivity index (χ4n) is 6.65. The Morgan fingerprint density at radius 1 is 0.955 bits per heavy atom. The van der Waals surface area contributed by atoms with Crippen LogP contribution in [-0.2, 0) is 4.79 Å². The lowest BCUT2D eigenvalue weighted by Gasteiger charge is -2.57. The molecule has 0 spiro atoms. The molecule has 1 atom stereocenters. The summed E-state index contributed by atoms with van der Waals surface area (Å²) in [6, 6.07) is 0. The highest BCUT2D eigenvalue weighted by Gasteiger charge is 2.52. The van der Waals surface area contributed by atoms with Gasteiger partial charge in [0.15, 0.2) is 0 Å². The van der Waals surface area contributed by atoms with Gasteiger partial charge in [0.25, 0.3) is 0 Å². The first kappa shape index (κ1) is 16.5. The van der Waals surface area contributed by atoms with E-state index in [1.165, 1.54) is 38.5 Å². The maximum atomic E-state index is 13.3. The molecule has 1 unspecified atom stereocenters. The van der Waals surface area contributed by atoms with Gasteiger partial charge in [0.1, 0.15) is 5.78 Å². The summed E-state index contributed by atoms with van der Waals surface area (Å²) in [7, 11) is 0. The normalized spacial score (nSPS) is 39.8. The fraction of sp³-hybridized carbons (Fsp3) is 0.952. The van der Waals surface area contributed by atoms with Crippen molar-refractivity contribution in [2.45, 2.75) is 92.4 Å². The largest absolute Gasteiger partial charge is 0.299 e. The molecular weight excluding hydrogens is 268 g/mol. The molecule has 126 valence electrons. The summed E-state index contributed by atoms with van der Waals surface area (Å²) in [4.78, 5) is 13.3. The van der Waals surface area contributed by atoms with Crippen molar-refractivity contribution < 1.29 is 4.79 Å². The molecule has 4 rings (SSSR count). The monoisotopic (exact) mass is 304 g/mol. The average Bonchev–Trinajstić information content (AvgIpc) is 2.34. The van der Waals surface area contributed by atoms with Gasteiger partial charge in [-0.1, -0.05) is 34.6 Å². The van der Waals surface area contributed by atoms with E-state index in [-0.39, 0.29) is 10.8 Å². The molecule has 0 amide bonds. The zero-order valence-electron chi connectivity index (χ0n) is 15.5. The second kappa shape index (κ2) is 5.35. The van der Waals surface area contributed by atoms with Gasteiger partial charge in [0.2, 0.25) is 0 Å². The van der Waals surface area contributed by atoms with E-state index in [0.717, 1.165) is 37.0 Å². The minimum absolute atomic E-state index is 0.110. The van der Waals surface area contributed by atoms with Gasteiger partial charge in [0, 0.05) is 11.8 Å². The summed E-state index contributed by atoms with van der Waals surface area (Å²) < 4.78 is 0. The Bertz CT molecular complexity index is 406. The summed E-state index contributed by atoms with van der Waals surface area (Å²) in [6.45, 7) is 11.3. The summed E-state index contributed by atoms with van der Waals surface area (Å²) in [5, 5.41) is 0. The Kier molecular flexibility index (Phi) is 4.02. The second-order valence-corrected chi connectivity index (χ2v) is 10.7. The number of hydrogen-bond acceptors (Lipinski definition) is 1. The van der Waals surface area contributed by atoms with Crippen molar-refractivity contribution in [3.05, 3.63) is 0 Å². The van der Waals surface area contributed by atoms with Crippen LogP contribution in [0.25, 0.3) is 0 Å². The first-order valence-corrected chi connectivity index (χ1v) is 9.66. The van der Waals surface area contributed by atoms with Gasteiger partial charge in [-0.25, -0.2) is 0 Å². The van der Waals surface area contributed by atoms with Crippen LogP contribution in [0, 0.1) is 34.0 Å². The van der Waals surface area contributed by atoms with E-state index in [0.29, 0.717) is 11.2 Å². The Labute approximate surface area is 137 Å². The molecule has 0 N–H and O–H groups in total. The van der Waals surface area contributed by atoms with Crippen molar-refractivity contribution in [2.75, 3.05) is 0 Å². The van der Waals surface area contributed by atoms with E-state index < -0.39 is 0 Å². The maximum Gasteiger partial charge on any atom is 0.139 e. The average molecular weight is 305 g/mol. The summed E-state index contributed by atoms with van der Waals surface area (Å²) >= 11 is 0. The predicted molar refractivity (Wildman–Crippen MR) is 92.7 cm³/mol. The molecule has 22 heavy (non-hydrogen) atoms. The standard InChI is InChI=1S/C21H36O/c1-6-20(5,14-19(2,3)4)18(22)13-21-10-15-7-16(11-21)9-17(8-15)12-21/h15-17H,6-14H2,1-5H3. The Hall–Kier alpha value is -0.330. The van der Waals surface area contributed by atoms with Gasteiger partial charge in [-0.05, 0) is 80.0 Å². The zero-order chi connectivity index (χ0) is 16.2. The van der Waals surface area contributed by atoms with Gasteiger partial charge < -0.3 is 0 Å². The van der Waals surface area contributed by atoms with Crippen LogP contribution in [0.1, 0.15) is 92.4 Å². The van der Waals surface area contributed by atoms with Crippen LogP contribution in [0.5, 0.6) is 0 Å². The third-order valence-corrected chi connectivity index (χ3v) is 7.07. The van der Waals surface area contributed by atoms with Crippen LogP contribution in [-0.4, -0.2) is 5.78 Å². The van der Waals surface area contributed by atoms with E-state index in [2.05, 4.69) is 34.6 Å². The molecule has 4 fully saturated rings. The van der Waals surface area contributed by atoms with E-state index >= 15 is 0 Å². The van der Waals surface area contributed by atoms with Crippen LogP contribution in [0.3, 0.4) is 0 Å². The number of Topliss-reactive ketones (excluding diaryl/α,β-unsaturated/α-hetero) is 1. The molecule has 0 aromatic carbocycles. The predicted octanol–water partition coefficient (Wildman–Crippen LogP) is 6.01. The fourth-order valence-corrected chi connectivity index (χ4v) is 6.65. The third-order valence-electron chi connectivity index (χ3n) is 7.07. The molecule has 1 heteroatoms. The number of rotatable bonds is 5. The van der Waals surface area contributed by atoms with Crippen LogP contribution >= 0.6 is 0 Å². The van der Waals surface area contributed by atoms with E-state index in [1.807, 2.05) is 0 Å². The molecule has 4 bridgehead atoms. The van der Waals surface area contributed by atoms with Crippen molar-refractivity contribution in [1.29, 1.82) is 0 Å². The van der Waals surface area contributed by atoms with E-state index in [4.69, 9.17) is 0 Å². The topological polar surface area (TPSA) is 17.1 Å². The molecule has 0 radical (unpaired) electrons. The smallest absolute Gasteiger partial charge is 0.139 e. The first-order chi connectivity index (χ1) is 10.1. The lowest BCUT2D eigenvalue weighted by molar-refractivity contribution is -0.138. The van der Waals surface area contributed by atoms with Crippen LogP contribution < -0.4 is 0 Å². The lowest BCUT2D eigenvalue weighted by Crippen LogP contribution is -2.48. The molecule has 1 nitrogen and oxygen atoms in total. The Morgan fingerprint density at radius 3 is 1.77 bits per heavy atom. The van der Waals surface area contributed by atoms with Crippen LogP contribution in [0.2, 0.25) is 0 Å². The molecule has 4 aliphatic rings. The quantitative estimate of drug-likeness (QED) is 0.607. The zero-order valence-corrected chi connectivity index (χ0v) is 15.5. The summed E-state index contributed by atoms with van der Waals surface area (Å²) in [5.41, 5.74) is 0.531. The van der Waals surface area contributed by atoms with Gasteiger partial charge in [-0.2, -0.15) is 0 Å². The van der Waals surface area contributed by atoms with Crippen molar-refractivity contribution in [2.24, 2.45) is 34.0 Å². The second-order valence-electron chi connectivity index (χ2n) is 10.7.